The van der Waals surface area contributed by atoms with Crippen molar-refractivity contribution < 1.29 is 9.50 Å². The molecule has 0 spiro atoms. The van der Waals surface area contributed by atoms with Crippen LogP contribution in [0.25, 0.3) is 0 Å². The van der Waals surface area contributed by atoms with Crippen molar-refractivity contribution in [3.05, 3.63) is 64.9 Å². The lowest BCUT2D eigenvalue weighted by molar-refractivity contribution is 0.221. The summed E-state index contributed by atoms with van der Waals surface area (Å²) in [6.45, 7) is 1.73. The molecule has 0 aromatic heterocycles. The Bertz CT molecular complexity index is 590. The lowest BCUT2D eigenvalue weighted by Gasteiger charge is -2.30. The number of hydrogen-bond acceptors (Lipinski definition) is 2. The average molecular weight is 294 g/mol. The van der Waals surface area contributed by atoms with Gasteiger partial charge in [-0.15, -0.1) is 0 Å². The second kappa shape index (κ2) is 6.25. The molecule has 2 aromatic carbocycles. The van der Waals surface area contributed by atoms with Gasteiger partial charge in [-0.25, -0.2) is 4.39 Å². The molecule has 20 heavy (non-hydrogen) atoms. The van der Waals surface area contributed by atoms with Gasteiger partial charge in [0.25, 0.3) is 0 Å². The second-order valence-corrected chi connectivity index (χ2v) is 5.56. The van der Waals surface area contributed by atoms with E-state index in [1.54, 1.807) is 30.3 Å². The Morgan fingerprint density at radius 1 is 1.20 bits per heavy atom. The summed E-state index contributed by atoms with van der Waals surface area (Å²) in [5, 5.41) is 13.5. The molecule has 106 valence electrons. The van der Waals surface area contributed by atoms with Crippen LogP contribution < -0.4 is 5.32 Å². The van der Waals surface area contributed by atoms with Crippen LogP contribution >= 0.6 is 11.6 Å². The van der Waals surface area contributed by atoms with E-state index in [9.17, 15) is 9.50 Å². The molecule has 0 saturated carbocycles. The fraction of sp³-hybridized carbons (Fsp3) is 0.250. The fourth-order valence-corrected chi connectivity index (χ4v) is 2.31. The number of rotatable bonds is 5. The first-order valence-corrected chi connectivity index (χ1v) is 6.78. The third kappa shape index (κ3) is 3.71. The van der Waals surface area contributed by atoms with Gasteiger partial charge < -0.3 is 10.4 Å². The number of aliphatic hydroxyl groups is 1. The normalized spacial score (nSPS) is 13.8. The molecular formula is C16H17ClFNO. The van der Waals surface area contributed by atoms with Crippen LogP contribution in [0, 0.1) is 5.82 Å². The Balaban J connectivity index is 2.19. The van der Waals surface area contributed by atoms with E-state index in [0.29, 0.717) is 17.0 Å². The summed E-state index contributed by atoms with van der Waals surface area (Å²) in [6.07, 6.45) is 0.378. The molecule has 1 atom stereocenters. The summed E-state index contributed by atoms with van der Waals surface area (Å²) in [6, 6.07) is 13.8. The lowest BCUT2D eigenvalue weighted by atomic mass is 9.93. The Hall–Kier alpha value is -1.58. The highest BCUT2D eigenvalue weighted by Crippen LogP contribution is 2.23. The second-order valence-electron chi connectivity index (χ2n) is 5.12. The van der Waals surface area contributed by atoms with E-state index >= 15 is 0 Å². The molecule has 0 amide bonds. The molecule has 0 aliphatic carbocycles. The summed E-state index contributed by atoms with van der Waals surface area (Å²) < 4.78 is 13.7. The van der Waals surface area contributed by atoms with Crippen molar-refractivity contribution in [3.63, 3.8) is 0 Å². The first-order valence-electron chi connectivity index (χ1n) is 6.40. The van der Waals surface area contributed by atoms with Crippen molar-refractivity contribution in [2.75, 3.05) is 11.9 Å². The third-order valence-electron chi connectivity index (χ3n) is 3.16. The van der Waals surface area contributed by atoms with E-state index in [1.807, 2.05) is 19.1 Å². The zero-order valence-electron chi connectivity index (χ0n) is 11.2. The minimum Gasteiger partial charge on any atom is -0.394 e. The van der Waals surface area contributed by atoms with E-state index in [-0.39, 0.29) is 12.4 Å². The monoisotopic (exact) mass is 293 g/mol. The lowest BCUT2D eigenvalue weighted by Crippen LogP contribution is -2.41. The number of anilines is 1. The number of benzene rings is 2. The van der Waals surface area contributed by atoms with Crippen LogP contribution in [0.1, 0.15) is 12.5 Å². The Morgan fingerprint density at radius 2 is 1.95 bits per heavy atom. The number of halogens is 2. The van der Waals surface area contributed by atoms with Crippen LogP contribution in [0.5, 0.6) is 0 Å². The van der Waals surface area contributed by atoms with Gasteiger partial charge in [0.1, 0.15) is 5.82 Å². The SMILES string of the molecule is CC(CO)(Cc1ccccc1F)Nc1cccc(Cl)c1. The predicted molar refractivity (Wildman–Crippen MR) is 80.7 cm³/mol. The van der Waals surface area contributed by atoms with Gasteiger partial charge in [0, 0.05) is 17.1 Å². The topological polar surface area (TPSA) is 32.3 Å². The first-order chi connectivity index (χ1) is 9.52. The summed E-state index contributed by atoms with van der Waals surface area (Å²) in [5.41, 5.74) is 0.705. The van der Waals surface area contributed by atoms with Crippen LogP contribution in [-0.4, -0.2) is 17.3 Å². The Morgan fingerprint density at radius 3 is 2.60 bits per heavy atom. The Kier molecular flexibility index (Phi) is 4.63. The highest BCUT2D eigenvalue weighted by Gasteiger charge is 2.25. The van der Waals surface area contributed by atoms with Gasteiger partial charge in [0.2, 0.25) is 0 Å². The van der Waals surface area contributed by atoms with E-state index in [4.69, 9.17) is 11.6 Å². The van der Waals surface area contributed by atoms with Gasteiger partial charge >= 0.3 is 0 Å². The van der Waals surface area contributed by atoms with Gasteiger partial charge in [-0.3, -0.25) is 0 Å². The van der Waals surface area contributed by atoms with Gasteiger partial charge in [-0.1, -0.05) is 35.9 Å². The number of hydrogen-bond donors (Lipinski definition) is 2. The number of aliphatic hydroxyl groups excluding tert-OH is 1. The van der Waals surface area contributed by atoms with E-state index in [2.05, 4.69) is 5.32 Å². The molecule has 2 N–H and O–H groups in total. The van der Waals surface area contributed by atoms with Gasteiger partial charge in [-0.05, 0) is 36.8 Å². The summed E-state index contributed by atoms with van der Waals surface area (Å²) >= 11 is 5.94. The summed E-state index contributed by atoms with van der Waals surface area (Å²) in [5.74, 6) is -0.264. The smallest absolute Gasteiger partial charge is 0.126 e. The van der Waals surface area contributed by atoms with E-state index in [1.165, 1.54) is 6.07 Å². The molecule has 4 heteroatoms. The maximum atomic E-state index is 13.7. The molecule has 2 nitrogen and oxygen atoms in total. The molecule has 2 rings (SSSR count). The first kappa shape index (κ1) is 14.8. The van der Waals surface area contributed by atoms with Crippen molar-refractivity contribution in [1.82, 2.24) is 0 Å². The van der Waals surface area contributed by atoms with E-state index < -0.39 is 5.54 Å². The van der Waals surface area contributed by atoms with Crippen molar-refractivity contribution in [3.8, 4) is 0 Å². The van der Waals surface area contributed by atoms with E-state index in [0.717, 1.165) is 5.69 Å². The minimum atomic E-state index is -0.660. The quantitative estimate of drug-likeness (QED) is 0.877. The van der Waals surface area contributed by atoms with Gasteiger partial charge in [0.15, 0.2) is 0 Å². The fourth-order valence-electron chi connectivity index (χ4n) is 2.12. The minimum absolute atomic E-state index is 0.117. The van der Waals surface area contributed by atoms with Crippen LogP contribution in [-0.2, 0) is 6.42 Å². The van der Waals surface area contributed by atoms with Crippen molar-refractivity contribution >= 4 is 17.3 Å². The maximum absolute atomic E-state index is 13.7. The summed E-state index contributed by atoms with van der Waals surface area (Å²) in [7, 11) is 0. The van der Waals surface area contributed by atoms with Crippen molar-refractivity contribution in [2.24, 2.45) is 0 Å². The number of nitrogens with one attached hydrogen (secondary N) is 1. The molecule has 0 aliphatic heterocycles. The average Bonchev–Trinajstić information content (AvgIpc) is 2.41. The molecule has 2 aromatic rings. The van der Waals surface area contributed by atoms with Crippen LogP contribution in [0.15, 0.2) is 48.5 Å². The Labute approximate surface area is 123 Å². The standard InChI is InChI=1S/C16H17ClFNO/c1-16(11-20,10-12-5-2-3-8-15(12)18)19-14-7-4-6-13(17)9-14/h2-9,19-20H,10-11H2,1H3. The predicted octanol–water partition coefficient (Wildman–Crippen LogP) is 3.88. The van der Waals surface area contributed by atoms with Gasteiger partial charge in [0.05, 0.1) is 12.1 Å². The van der Waals surface area contributed by atoms with Crippen LogP contribution in [0.4, 0.5) is 10.1 Å². The zero-order chi connectivity index (χ0) is 14.6. The largest absolute Gasteiger partial charge is 0.394 e. The molecule has 1 unspecified atom stereocenters. The highest BCUT2D eigenvalue weighted by atomic mass is 35.5. The van der Waals surface area contributed by atoms with Crippen molar-refractivity contribution in [1.29, 1.82) is 0 Å². The molecule has 0 radical (unpaired) electrons. The van der Waals surface area contributed by atoms with Crippen molar-refractivity contribution in [2.45, 2.75) is 18.9 Å². The molecule has 0 fully saturated rings. The highest BCUT2D eigenvalue weighted by molar-refractivity contribution is 6.30. The van der Waals surface area contributed by atoms with Crippen LogP contribution in [0.2, 0.25) is 5.02 Å². The molecular weight excluding hydrogens is 277 g/mol. The molecule has 0 aliphatic rings. The van der Waals surface area contributed by atoms with Crippen LogP contribution in [0.3, 0.4) is 0 Å². The third-order valence-corrected chi connectivity index (χ3v) is 3.39. The maximum Gasteiger partial charge on any atom is 0.126 e. The molecule has 0 saturated heterocycles. The molecule has 0 bridgehead atoms. The molecule has 0 heterocycles. The zero-order valence-corrected chi connectivity index (χ0v) is 12.0. The van der Waals surface area contributed by atoms with Gasteiger partial charge in [-0.2, -0.15) is 0 Å². The summed E-state index contributed by atoms with van der Waals surface area (Å²) in [4.78, 5) is 0.